The van der Waals surface area contributed by atoms with Crippen LogP contribution in [0.2, 0.25) is 5.02 Å². The van der Waals surface area contributed by atoms with Crippen molar-refractivity contribution >= 4 is 17.4 Å². The third-order valence-corrected chi connectivity index (χ3v) is 3.97. The molecular weight excluding hydrogens is 250 g/mol. The number of carbonyl (C=O) groups excluding carboxylic acids is 1. The normalized spacial score (nSPS) is 19.2. The van der Waals surface area contributed by atoms with E-state index in [1.54, 1.807) is 7.11 Å². The Morgan fingerprint density at radius 1 is 1.44 bits per heavy atom. The molecule has 1 aromatic carbocycles. The van der Waals surface area contributed by atoms with Gasteiger partial charge in [0.05, 0.1) is 17.7 Å². The minimum absolute atomic E-state index is 0.308. The number of ether oxygens (including phenoxy) is 1. The standard InChI is InChI=1S/C14H18ClNO2/c1-14(2)13(17)6-7-16(14)9-10-4-5-12(18-3)11(15)8-10/h4-5,8H,6-7,9H2,1-3H3. The van der Waals surface area contributed by atoms with Crippen molar-refractivity contribution in [3.05, 3.63) is 28.8 Å². The lowest BCUT2D eigenvalue weighted by molar-refractivity contribution is -0.123. The van der Waals surface area contributed by atoms with Gasteiger partial charge >= 0.3 is 0 Å². The van der Waals surface area contributed by atoms with Gasteiger partial charge in [0.15, 0.2) is 5.78 Å². The number of rotatable bonds is 3. The molecule has 4 heteroatoms. The largest absolute Gasteiger partial charge is 0.495 e. The predicted molar refractivity (Wildman–Crippen MR) is 72.1 cm³/mol. The van der Waals surface area contributed by atoms with Crippen molar-refractivity contribution in [3.63, 3.8) is 0 Å². The van der Waals surface area contributed by atoms with E-state index in [9.17, 15) is 4.79 Å². The Balaban J connectivity index is 2.15. The zero-order valence-corrected chi connectivity index (χ0v) is 11.8. The second-order valence-corrected chi connectivity index (χ2v) is 5.53. The molecule has 0 saturated carbocycles. The highest BCUT2D eigenvalue weighted by Crippen LogP contribution is 2.29. The van der Waals surface area contributed by atoms with Gasteiger partial charge in [-0.1, -0.05) is 17.7 Å². The molecule has 1 aromatic rings. The van der Waals surface area contributed by atoms with Crippen LogP contribution in [0.4, 0.5) is 0 Å². The summed E-state index contributed by atoms with van der Waals surface area (Å²) in [6.07, 6.45) is 0.636. The van der Waals surface area contributed by atoms with Crippen molar-refractivity contribution in [3.8, 4) is 5.75 Å². The highest BCUT2D eigenvalue weighted by Gasteiger charge is 2.39. The Kier molecular flexibility index (Phi) is 3.64. The smallest absolute Gasteiger partial charge is 0.153 e. The summed E-state index contributed by atoms with van der Waals surface area (Å²) in [5, 5.41) is 0.610. The van der Waals surface area contributed by atoms with Gasteiger partial charge in [-0.15, -0.1) is 0 Å². The van der Waals surface area contributed by atoms with Crippen LogP contribution < -0.4 is 4.74 Å². The second-order valence-electron chi connectivity index (χ2n) is 5.12. The molecule has 0 aromatic heterocycles. The number of hydrogen-bond donors (Lipinski definition) is 0. The van der Waals surface area contributed by atoms with Gasteiger partial charge in [0.2, 0.25) is 0 Å². The van der Waals surface area contributed by atoms with Crippen LogP contribution in [-0.2, 0) is 11.3 Å². The van der Waals surface area contributed by atoms with E-state index >= 15 is 0 Å². The topological polar surface area (TPSA) is 29.5 Å². The quantitative estimate of drug-likeness (QED) is 0.843. The Morgan fingerprint density at radius 3 is 2.67 bits per heavy atom. The first-order valence-electron chi connectivity index (χ1n) is 6.06. The summed E-state index contributed by atoms with van der Waals surface area (Å²) in [7, 11) is 1.60. The number of nitrogens with zero attached hydrogens (tertiary/aromatic N) is 1. The molecule has 1 saturated heterocycles. The number of benzene rings is 1. The number of methoxy groups -OCH3 is 1. The van der Waals surface area contributed by atoms with Gasteiger partial charge in [0, 0.05) is 19.5 Å². The van der Waals surface area contributed by atoms with Crippen LogP contribution in [0.1, 0.15) is 25.8 Å². The first-order chi connectivity index (χ1) is 8.45. The van der Waals surface area contributed by atoms with Gasteiger partial charge in [0.25, 0.3) is 0 Å². The van der Waals surface area contributed by atoms with Gasteiger partial charge in [-0.25, -0.2) is 0 Å². The van der Waals surface area contributed by atoms with E-state index in [1.165, 1.54) is 0 Å². The monoisotopic (exact) mass is 267 g/mol. The van der Waals surface area contributed by atoms with Crippen LogP contribution in [0.3, 0.4) is 0 Å². The van der Waals surface area contributed by atoms with E-state index in [2.05, 4.69) is 4.90 Å². The molecule has 0 N–H and O–H groups in total. The molecule has 0 atom stereocenters. The molecule has 0 aliphatic carbocycles. The summed E-state index contributed by atoms with van der Waals surface area (Å²) < 4.78 is 5.13. The highest BCUT2D eigenvalue weighted by atomic mass is 35.5. The Hall–Kier alpha value is -1.06. The minimum Gasteiger partial charge on any atom is -0.495 e. The maximum absolute atomic E-state index is 11.8. The number of Topliss-reactive ketones (excluding diaryl/α,β-unsaturated/α-hetero) is 1. The molecule has 1 aliphatic heterocycles. The summed E-state index contributed by atoms with van der Waals surface area (Å²) in [4.78, 5) is 14.0. The van der Waals surface area contributed by atoms with Crippen LogP contribution in [0, 0.1) is 0 Å². The summed E-state index contributed by atoms with van der Waals surface area (Å²) in [5.41, 5.74) is 0.732. The first kappa shape index (κ1) is 13.4. The maximum atomic E-state index is 11.8. The second kappa shape index (κ2) is 4.90. The van der Waals surface area contributed by atoms with Crippen LogP contribution in [-0.4, -0.2) is 29.9 Å². The van der Waals surface area contributed by atoms with Gasteiger partial charge in [0.1, 0.15) is 5.75 Å². The molecular formula is C14H18ClNO2. The molecule has 3 nitrogen and oxygen atoms in total. The van der Waals surface area contributed by atoms with Gasteiger partial charge < -0.3 is 4.74 Å². The first-order valence-corrected chi connectivity index (χ1v) is 6.43. The zero-order valence-electron chi connectivity index (χ0n) is 11.0. The molecule has 98 valence electrons. The molecule has 1 aliphatic rings. The Bertz CT molecular complexity index is 471. The average Bonchev–Trinajstić information content (AvgIpc) is 2.56. The lowest BCUT2D eigenvalue weighted by Crippen LogP contribution is -2.42. The molecule has 0 amide bonds. The fraction of sp³-hybridized carbons (Fsp3) is 0.500. The lowest BCUT2D eigenvalue weighted by Gasteiger charge is -2.30. The third-order valence-electron chi connectivity index (χ3n) is 3.67. The van der Waals surface area contributed by atoms with E-state index < -0.39 is 0 Å². The SMILES string of the molecule is COc1ccc(CN2CCC(=O)C2(C)C)cc1Cl. The van der Waals surface area contributed by atoms with Crippen molar-refractivity contribution in [2.24, 2.45) is 0 Å². The fourth-order valence-electron chi connectivity index (χ4n) is 2.30. The van der Waals surface area contributed by atoms with Crippen molar-refractivity contribution in [2.75, 3.05) is 13.7 Å². The third kappa shape index (κ3) is 2.38. The Labute approximate surface area is 113 Å². The number of ketones is 1. The van der Waals surface area contributed by atoms with Crippen LogP contribution in [0.25, 0.3) is 0 Å². The van der Waals surface area contributed by atoms with E-state index in [1.807, 2.05) is 32.0 Å². The fourth-order valence-corrected chi connectivity index (χ4v) is 2.58. The zero-order chi connectivity index (χ0) is 13.3. The number of carbonyl (C=O) groups is 1. The van der Waals surface area contributed by atoms with E-state index in [-0.39, 0.29) is 5.54 Å². The summed E-state index contributed by atoms with van der Waals surface area (Å²) in [6.45, 7) is 5.51. The average molecular weight is 268 g/mol. The number of halogens is 1. The summed E-state index contributed by atoms with van der Waals surface area (Å²) in [6, 6.07) is 5.76. The lowest BCUT2D eigenvalue weighted by atomic mass is 10.00. The predicted octanol–water partition coefficient (Wildman–Crippen LogP) is 2.90. The minimum atomic E-state index is -0.369. The number of hydrogen-bond acceptors (Lipinski definition) is 3. The molecule has 18 heavy (non-hydrogen) atoms. The van der Waals surface area contributed by atoms with E-state index in [4.69, 9.17) is 16.3 Å². The molecule has 1 fully saturated rings. The summed E-state index contributed by atoms with van der Waals surface area (Å²) in [5.74, 6) is 0.985. The van der Waals surface area contributed by atoms with Gasteiger partial charge in [-0.2, -0.15) is 0 Å². The molecule has 0 radical (unpaired) electrons. The van der Waals surface area contributed by atoms with E-state index in [0.717, 1.165) is 18.7 Å². The van der Waals surface area contributed by atoms with Crippen LogP contribution in [0.15, 0.2) is 18.2 Å². The van der Waals surface area contributed by atoms with Crippen molar-refractivity contribution in [1.29, 1.82) is 0 Å². The van der Waals surface area contributed by atoms with E-state index in [0.29, 0.717) is 23.0 Å². The molecule has 1 heterocycles. The molecule has 0 spiro atoms. The van der Waals surface area contributed by atoms with Crippen molar-refractivity contribution < 1.29 is 9.53 Å². The molecule has 2 rings (SSSR count). The molecule has 0 unspecified atom stereocenters. The Morgan fingerprint density at radius 2 is 2.17 bits per heavy atom. The van der Waals surface area contributed by atoms with Gasteiger partial charge in [-0.3, -0.25) is 9.69 Å². The van der Waals surface area contributed by atoms with Crippen LogP contribution in [0.5, 0.6) is 5.75 Å². The highest BCUT2D eigenvalue weighted by molar-refractivity contribution is 6.32. The number of likely N-dealkylation sites (tertiary alicyclic amines) is 1. The summed E-state index contributed by atoms with van der Waals surface area (Å²) >= 11 is 6.10. The van der Waals surface area contributed by atoms with Gasteiger partial charge in [-0.05, 0) is 31.5 Å². The van der Waals surface area contributed by atoms with Crippen LogP contribution >= 0.6 is 11.6 Å². The van der Waals surface area contributed by atoms with Crippen molar-refractivity contribution in [1.82, 2.24) is 4.90 Å². The van der Waals surface area contributed by atoms with Crippen molar-refractivity contribution in [2.45, 2.75) is 32.4 Å². The maximum Gasteiger partial charge on any atom is 0.153 e. The molecule has 0 bridgehead atoms.